The van der Waals surface area contributed by atoms with E-state index in [0.717, 1.165) is 23.3 Å². The predicted molar refractivity (Wildman–Crippen MR) is 102 cm³/mol. The summed E-state index contributed by atoms with van der Waals surface area (Å²) in [5, 5.41) is 9.88. The van der Waals surface area contributed by atoms with Gasteiger partial charge in [-0.15, -0.1) is 0 Å². The van der Waals surface area contributed by atoms with E-state index in [2.05, 4.69) is 19.1 Å². The highest BCUT2D eigenvalue weighted by Gasteiger charge is 2.00. The van der Waals surface area contributed by atoms with E-state index in [-0.39, 0.29) is 5.75 Å². The molecule has 1 N–H and O–H groups in total. The zero-order valence-electron chi connectivity index (χ0n) is 14.6. The van der Waals surface area contributed by atoms with Crippen molar-refractivity contribution < 1.29 is 9.84 Å². The highest BCUT2D eigenvalue weighted by Crippen LogP contribution is 2.23. The van der Waals surface area contributed by atoms with Gasteiger partial charge in [-0.25, -0.2) is 0 Å². The Morgan fingerprint density at radius 3 is 2.33 bits per heavy atom. The molecule has 0 unspecified atom stereocenters. The minimum absolute atomic E-state index is 0.239. The van der Waals surface area contributed by atoms with Crippen LogP contribution >= 0.6 is 0 Å². The molecular formula is C22H28O2. The number of aromatic hydroxyl groups is 1. The van der Waals surface area contributed by atoms with E-state index in [1.54, 1.807) is 12.1 Å². The van der Waals surface area contributed by atoms with Gasteiger partial charge < -0.3 is 9.84 Å². The number of rotatable bonds is 10. The third-order valence-corrected chi connectivity index (χ3v) is 3.95. The molecular weight excluding hydrogens is 296 g/mol. The van der Waals surface area contributed by atoms with Gasteiger partial charge in [0.1, 0.15) is 11.5 Å². The second-order valence-corrected chi connectivity index (χ2v) is 6.12. The van der Waals surface area contributed by atoms with Crippen LogP contribution in [0, 0.1) is 0 Å². The van der Waals surface area contributed by atoms with Crippen LogP contribution in [0.2, 0.25) is 0 Å². The van der Waals surface area contributed by atoms with Crippen LogP contribution in [0.4, 0.5) is 0 Å². The lowest BCUT2D eigenvalue weighted by Crippen LogP contribution is -1.97. The van der Waals surface area contributed by atoms with Crippen molar-refractivity contribution in [1.82, 2.24) is 0 Å². The predicted octanol–water partition coefficient (Wildman–Crippen LogP) is 6.30. The van der Waals surface area contributed by atoms with E-state index in [4.69, 9.17) is 4.74 Å². The molecule has 2 heteroatoms. The van der Waals surface area contributed by atoms with Crippen molar-refractivity contribution in [3.63, 3.8) is 0 Å². The van der Waals surface area contributed by atoms with E-state index in [1.807, 2.05) is 36.4 Å². The summed E-state index contributed by atoms with van der Waals surface area (Å²) in [7, 11) is 0. The second kappa shape index (κ2) is 10.5. The summed E-state index contributed by atoms with van der Waals surface area (Å²) < 4.78 is 5.79. The maximum Gasteiger partial charge on any atom is 0.123 e. The lowest BCUT2D eigenvalue weighted by Gasteiger charge is -2.08. The topological polar surface area (TPSA) is 29.5 Å². The number of hydrogen-bond donors (Lipinski definition) is 1. The molecule has 2 aromatic rings. The van der Waals surface area contributed by atoms with Crippen molar-refractivity contribution in [3.8, 4) is 11.5 Å². The third kappa shape index (κ3) is 6.91. The lowest BCUT2D eigenvalue weighted by molar-refractivity contribution is 0.302. The van der Waals surface area contributed by atoms with Gasteiger partial charge in [-0.05, 0) is 29.7 Å². The molecule has 0 aromatic heterocycles. The first-order chi connectivity index (χ1) is 11.8. The van der Waals surface area contributed by atoms with Crippen molar-refractivity contribution in [3.05, 3.63) is 59.7 Å². The molecule has 2 nitrogen and oxygen atoms in total. The van der Waals surface area contributed by atoms with E-state index in [1.165, 1.54) is 32.1 Å². The Labute approximate surface area is 145 Å². The molecule has 0 bridgehead atoms. The summed E-state index contributed by atoms with van der Waals surface area (Å²) in [5.41, 5.74) is 2.08. The largest absolute Gasteiger partial charge is 0.508 e. The molecule has 0 aliphatic rings. The van der Waals surface area contributed by atoms with E-state index in [9.17, 15) is 5.11 Å². The normalized spacial score (nSPS) is 11.0. The minimum Gasteiger partial charge on any atom is -0.508 e. The monoisotopic (exact) mass is 324 g/mol. The molecule has 24 heavy (non-hydrogen) atoms. The third-order valence-electron chi connectivity index (χ3n) is 3.95. The van der Waals surface area contributed by atoms with Crippen molar-refractivity contribution in [1.29, 1.82) is 0 Å². The quantitative estimate of drug-likeness (QED) is 0.410. The van der Waals surface area contributed by atoms with Crippen LogP contribution < -0.4 is 4.74 Å². The zero-order valence-corrected chi connectivity index (χ0v) is 14.6. The fourth-order valence-electron chi connectivity index (χ4n) is 2.61. The van der Waals surface area contributed by atoms with Gasteiger partial charge in [0.25, 0.3) is 0 Å². The van der Waals surface area contributed by atoms with Gasteiger partial charge in [0.15, 0.2) is 0 Å². The minimum atomic E-state index is 0.239. The number of ether oxygens (including phenoxy) is 1. The molecule has 0 heterocycles. The standard InChI is InChI=1S/C22H28O2/c1-2-3-4-5-6-10-15-24-22-17-20(16-21(23)18-22)14-13-19-11-8-7-9-12-19/h7-9,11-14,16-18,23H,2-6,10,15H2,1H3/b14-13+. The molecule has 0 spiro atoms. The van der Waals surface area contributed by atoms with Crippen molar-refractivity contribution >= 4 is 12.2 Å². The SMILES string of the molecule is CCCCCCCCOc1cc(O)cc(/C=C/c2ccccc2)c1. The number of phenolic OH excluding ortho intramolecular Hbond substituents is 1. The second-order valence-electron chi connectivity index (χ2n) is 6.12. The number of hydrogen-bond acceptors (Lipinski definition) is 2. The zero-order chi connectivity index (χ0) is 17.0. The molecule has 0 saturated heterocycles. The number of unbranched alkanes of at least 4 members (excludes halogenated alkanes) is 5. The average molecular weight is 324 g/mol. The summed E-state index contributed by atoms with van der Waals surface area (Å²) in [6.45, 7) is 2.94. The first-order valence-corrected chi connectivity index (χ1v) is 8.98. The van der Waals surface area contributed by atoms with E-state index < -0.39 is 0 Å². The van der Waals surface area contributed by atoms with E-state index in [0.29, 0.717) is 6.61 Å². The Morgan fingerprint density at radius 1 is 0.833 bits per heavy atom. The van der Waals surface area contributed by atoms with Crippen molar-refractivity contribution in [2.24, 2.45) is 0 Å². The van der Waals surface area contributed by atoms with Crippen LogP contribution in [-0.4, -0.2) is 11.7 Å². The Kier molecular flexibility index (Phi) is 7.96. The van der Waals surface area contributed by atoms with Crippen LogP contribution in [0.15, 0.2) is 48.5 Å². The molecule has 0 amide bonds. The lowest BCUT2D eigenvalue weighted by atomic mass is 10.1. The summed E-state index contributed by atoms with van der Waals surface area (Å²) >= 11 is 0. The molecule has 0 radical (unpaired) electrons. The smallest absolute Gasteiger partial charge is 0.123 e. The molecule has 0 atom stereocenters. The maximum atomic E-state index is 9.88. The van der Waals surface area contributed by atoms with Gasteiger partial charge in [-0.2, -0.15) is 0 Å². The summed E-state index contributed by atoms with van der Waals surface area (Å²) in [5.74, 6) is 0.972. The van der Waals surface area contributed by atoms with Crippen molar-refractivity contribution in [2.75, 3.05) is 6.61 Å². The summed E-state index contributed by atoms with van der Waals surface area (Å²) in [4.78, 5) is 0. The molecule has 0 fully saturated rings. The highest BCUT2D eigenvalue weighted by molar-refractivity contribution is 5.70. The molecule has 128 valence electrons. The van der Waals surface area contributed by atoms with Gasteiger partial charge in [-0.3, -0.25) is 0 Å². The Hall–Kier alpha value is -2.22. The summed E-state index contributed by atoms with van der Waals surface area (Å²) in [6, 6.07) is 15.5. The highest BCUT2D eigenvalue weighted by atomic mass is 16.5. The molecule has 0 saturated carbocycles. The number of phenols is 1. The summed E-state index contributed by atoms with van der Waals surface area (Å²) in [6.07, 6.45) is 11.5. The average Bonchev–Trinajstić information content (AvgIpc) is 2.60. The maximum absolute atomic E-state index is 9.88. The van der Waals surface area contributed by atoms with Gasteiger partial charge in [0.2, 0.25) is 0 Å². The molecule has 2 rings (SSSR count). The first kappa shape index (κ1) is 18.1. The Morgan fingerprint density at radius 2 is 1.54 bits per heavy atom. The Bertz CT molecular complexity index is 617. The van der Waals surface area contributed by atoms with E-state index >= 15 is 0 Å². The van der Waals surface area contributed by atoms with Crippen LogP contribution in [0.3, 0.4) is 0 Å². The van der Waals surface area contributed by atoms with Gasteiger partial charge in [0, 0.05) is 6.07 Å². The molecule has 2 aromatic carbocycles. The van der Waals surface area contributed by atoms with Gasteiger partial charge in [-0.1, -0.05) is 81.5 Å². The van der Waals surface area contributed by atoms with Crippen LogP contribution in [0.25, 0.3) is 12.2 Å². The van der Waals surface area contributed by atoms with Crippen molar-refractivity contribution in [2.45, 2.75) is 45.4 Å². The molecule has 0 aliphatic heterocycles. The van der Waals surface area contributed by atoms with Crippen LogP contribution in [0.1, 0.15) is 56.6 Å². The van der Waals surface area contributed by atoms with Crippen LogP contribution in [-0.2, 0) is 0 Å². The molecule has 0 aliphatic carbocycles. The van der Waals surface area contributed by atoms with Gasteiger partial charge >= 0.3 is 0 Å². The van der Waals surface area contributed by atoms with Gasteiger partial charge in [0.05, 0.1) is 6.61 Å². The fourth-order valence-corrected chi connectivity index (χ4v) is 2.61. The number of benzene rings is 2. The van der Waals surface area contributed by atoms with Crippen LogP contribution in [0.5, 0.6) is 11.5 Å². The fraction of sp³-hybridized carbons (Fsp3) is 0.364. The Balaban J connectivity index is 1.83. The first-order valence-electron chi connectivity index (χ1n) is 8.98.